The fourth-order valence-corrected chi connectivity index (χ4v) is 0.795. The molecule has 4 nitrogen and oxygen atoms in total. The topological polar surface area (TPSA) is 69.2 Å². The Hall–Kier alpha value is -0.940. The first kappa shape index (κ1) is 11.1. The lowest BCUT2D eigenvalue weighted by atomic mass is 10.3. The molecule has 0 saturated carbocycles. The van der Waals surface area contributed by atoms with E-state index in [1.807, 2.05) is 0 Å². The van der Waals surface area contributed by atoms with Crippen molar-refractivity contribution in [3.63, 3.8) is 0 Å². The van der Waals surface area contributed by atoms with Crippen LogP contribution in [0.1, 0.15) is 0 Å². The molecule has 0 heterocycles. The SMILES string of the molecule is Cl.Nc1cc([N+](=O)[O-])ccc1S. The van der Waals surface area contributed by atoms with Crippen LogP contribution in [0.15, 0.2) is 23.1 Å². The second-order valence-electron chi connectivity index (χ2n) is 2.00. The predicted molar refractivity (Wildman–Crippen MR) is 52.0 cm³/mol. The molecule has 2 N–H and O–H groups in total. The molecule has 0 atom stereocenters. The summed E-state index contributed by atoms with van der Waals surface area (Å²) in [5.41, 5.74) is 5.69. The molecule has 1 rings (SSSR count). The Morgan fingerprint density at radius 3 is 2.50 bits per heavy atom. The summed E-state index contributed by atoms with van der Waals surface area (Å²) >= 11 is 3.97. The Kier molecular flexibility index (Phi) is 3.85. The molecule has 1 aromatic carbocycles. The van der Waals surface area contributed by atoms with Crippen molar-refractivity contribution in [2.75, 3.05) is 5.73 Å². The van der Waals surface area contributed by atoms with Crippen LogP contribution in [0.5, 0.6) is 0 Å². The van der Waals surface area contributed by atoms with Crippen LogP contribution in [0.2, 0.25) is 0 Å². The van der Waals surface area contributed by atoms with Gasteiger partial charge in [-0.1, -0.05) is 0 Å². The Balaban J connectivity index is 0.00000121. The van der Waals surface area contributed by atoms with Gasteiger partial charge in [0.1, 0.15) is 0 Å². The number of benzene rings is 1. The maximum atomic E-state index is 10.2. The van der Waals surface area contributed by atoms with Crippen molar-refractivity contribution in [1.29, 1.82) is 0 Å². The number of nitro groups is 1. The van der Waals surface area contributed by atoms with E-state index in [0.29, 0.717) is 10.6 Å². The lowest BCUT2D eigenvalue weighted by molar-refractivity contribution is -0.384. The molecule has 0 unspecified atom stereocenters. The molecule has 0 amide bonds. The number of nitrogens with two attached hydrogens (primary N) is 1. The average Bonchev–Trinajstić information content (AvgIpc) is 1.94. The van der Waals surface area contributed by atoms with Gasteiger partial charge in [0, 0.05) is 17.0 Å². The zero-order valence-electron chi connectivity index (χ0n) is 5.93. The number of nitrogen functional groups attached to an aromatic ring is 1. The molecule has 12 heavy (non-hydrogen) atoms. The average molecular weight is 207 g/mol. The zero-order valence-corrected chi connectivity index (χ0v) is 7.64. The molecule has 0 aromatic heterocycles. The molecule has 0 aliphatic rings. The Morgan fingerprint density at radius 2 is 2.08 bits per heavy atom. The van der Waals surface area contributed by atoms with Crippen molar-refractivity contribution in [2.45, 2.75) is 4.90 Å². The first-order valence-corrected chi connectivity index (χ1v) is 3.29. The maximum absolute atomic E-state index is 10.2. The van der Waals surface area contributed by atoms with Gasteiger partial charge in [0.15, 0.2) is 0 Å². The summed E-state index contributed by atoms with van der Waals surface area (Å²) in [4.78, 5) is 10.2. The van der Waals surface area contributed by atoms with Gasteiger partial charge >= 0.3 is 0 Å². The number of nitrogens with zero attached hydrogens (tertiary/aromatic N) is 1. The molecule has 0 spiro atoms. The highest BCUT2D eigenvalue weighted by atomic mass is 35.5. The van der Waals surface area contributed by atoms with E-state index in [0.717, 1.165) is 0 Å². The van der Waals surface area contributed by atoms with E-state index < -0.39 is 4.92 Å². The van der Waals surface area contributed by atoms with E-state index in [2.05, 4.69) is 12.6 Å². The molecule has 0 aliphatic heterocycles. The standard InChI is InChI=1S/C6H6N2O2S.ClH/c7-5-3-4(8(9)10)1-2-6(5)11;/h1-3,11H,7H2;1H. The number of nitro benzene ring substituents is 1. The van der Waals surface area contributed by atoms with E-state index >= 15 is 0 Å². The van der Waals surface area contributed by atoms with Gasteiger partial charge in [-0.2, -0.15) is 0 Å². The molecule has 0 bridgehead atoms. The summed E-state index contributed by atoms with van der Waals surface area (Å²) in [5, 5.41) is 10.2. The van der Waals surface area contributed by atoms with Crippen molar-refractivity contribution < 1.29 is 4.92 Å². The summed E-state index contributed by atoms with van der Waals surface area (Å²) in [6, 6.07) is 4.14. The van der Waals surface area contributed by atoms with Gasteiger partial charge in [-0.15, -0.1) is 25.0 Å². The first-order chi connectivity index (χ1) is 5.11. The van der Waals surface area contributed by atoms with Crippen LogP contribution in [0.25, 0.3) is 0 Å². The van der Waals surface area contributed by atoms with Crippen LogP contribution >= 0.6 is 25.0 Å². The van der Waals surface area contributed by atoms with Gasteiger partial charge in [0.2, 0.25) is 0 Å². The van der Waals surface area contributed by atoms with Gasteiger partial charge in [0.25, 0.3) is 5.69 Å². The summed E-state index contributed by atoms with van der Waals surface area (Å²) < 4.78 is 0. The van der Waals surface area contributed by atoms with Gasteiger partial charge in [-0.05, 0) is 6.07 Å². The summed E-state index contributed by atoms with van der Waals surface area (Å²) in [6.07, 6.45) is 0. The minimum absolute atomic E-state index is 0. The fraction of sp³-hybridized carbons (Fsp3) is 0. The third kappa shape index (κ3) is 2.28. The van der Waals surface area contributed by atoms with Gasteiger partial charge in [-0.25, -0.2) is 0 Å². The lowest BCUT2D eigenvalue weighted by Crippen LogP contribution is -1.91. The predicted octanol–water partition coefficient (Wildman–Crippen LogP) is 1.89. The van der Waals surface area contributed by atoms with Crippen molar-refractivity contribution in [2.24, 2.45) is 0 Å². The third-order valence-electron chi connectivity index (χ3n) is 1.22. The molecule has 6 heteroatoms. The molecule has 0 radical (unpaired) electrons. The highest BCUT2D eigenvalue weighted by Gasteiger charge is 2.05. The molecule has 0 saturated heterocycles. The second kappa shape index (κ2) is 4.18. The molecule has 0 fully saturated rings. The number of hydrogen-bond donors (Lipinski definition) is 2. The van der Waals surface area contributed by atoms with Crippen LogP contribution in [-0.2, 0) is 0 Å². The van der Waals surface area contributed by atoms with Crippen molar-refractivity contribution in [3.8, 4) is 0 Å². The van der Waals surface area contributed by atoms with Crippen LogP contribution < -0.4 is 5.73 Å². The van der Waals surface area contributed by atoms with Gasteiger partial charge in [-0.3, -0.25) is 10.1 Å². The number of thiol groups is 1. The van der Waals surface area contributed by atoms with E-state index in [-0.39, 0.29) is 18.1 Å². The summed E-state index contributed by atoms with van der Waals surface area (Å²) in [6.45, 7) is 0. The van der Waals surface area contributed by atoms with E-state index in [9.17, 15) is 10.1 Å². The lowest BCUT2D eigenvalue weighted by Gasteiger charge is -1.96. The normalized spacial score (nSPS) is 8.75. The number of hydrogen-bond acceptors (Lipinski definition) is 4. The van der Waals surface area contributed by atoms with E-state index in [4.69, 9.17) is 5.73 Å². The molecule has 0 aliphatic carbocycles. The largest absolute Gasteiger partial charge is 0.398 e. The number of anilines is 1. The minimum atomic E-state index is -0.496. The summed E-state index contributed by atoms with van der Waals surface area (Å²) in [5.74, 6) is 0. The second-order valence-corrected chi connectivity index (χ2v) is 2.48. The number of halogens is 1. The Bertz CT molecular complexity index is 306. The molecule has 66 valence electrons. The summed E-state index contributed by atoms with van der Waals surface area (Å²) in [7, 11) is 0. The highest BCUT2D eigenvalue weighted by Crippen LogP contribution is 2.21. The number of non-ortho nitro benzene ring substituents is 1. The van der Waals surface area contributed by atoms with Gasteiger partial charge in [0.05, 0.1) is 10.6 Å². The first-order valence-electron chi connectivity index (χ1n) is 2.84. The van der Waals surface area contributed by atoms with Gasteiger partial charge < -0.3 is 5.73 Å². The zero-order chi connectivity index (χ0) is 8.43. The molecular formula is C6H7ClN2O2S. The quantitative estimate of drug-likeness (QED) is 0.319. The van der Waals surface area contributed by atoms with Crippen LogP contribution in [0.4, 0.5) is 11.4 Å². The third-order valence-corrected chi connectivity index (χ3v) is 1.63. The highest BCUT2D eigenvalue weighted by molar-refractivity contribution is 7.80. The van der Waals surface area contributed by atoms with Crippen molar-refractivity contribution >= 4 is 36.4 Å². The monoisotopic (exact) mass is 206 g/mol. The van der Waals surface area contributed by atoms with E-state index in [1.54, 1.807) is 0 Å². The Morgan fingerprint density at radius 1 is 1.50 bits per heavy atom. The molecule has 1 aromatic rings. The number of rotatable bonds is 1. The van der Waals surface area contributed by atoms with Crippen molar-refractivity contribution in [3.05, 3.63) is 28.3 Å². The molecular weight excluding hydrogens is 200 g/mol. The van der Waals surface area contributed by atoms with Crippen LogP contribution in [0, 0.1) is 10.1 Å². The fourth-order valence-electron chi connectivity index (χ4n) is 0.655. The maximum Gasteiger partial charge on any atom is 0.271 e. The minimum Gasteiger partial charge on any atom is -0.398 e. The smallest absolute Gasteiger partial charge is 0.271 e. The Labute approximate surface area is 80.7 Å². The van der Waals surface area contributed by atoms with Crippen molar-refractivity contribution in [1.82, 2.24) is 0 Å². The van der Waals surface area contributed by atoms with E-state index in [1.165, 1.54) is 18.2 Å². The van der Waals surface area contributed by atoms with Crippen LogP contribution in [-0.4, -0.2) is 4.92 Å². The van der Waals surface area contributed by atoms with Crippen LogP contribution in [0.3, 0.4) is 0 Å².